The Kier molecular flexibility index (Phi) is 5.58. The normalized spacial score (nSPS) is 14.2. The first-order valence-corrected chi connectivity index (χ1v) is 7.84. The Labute approximate surface area is 123 Å². The highest BCUT2D eigenvalue weighted by Crippen LogP contribution is 2.20. The smallest absolute Gasteiger partial charge is 0.0710 e. The maximum atomic E-state index is 9.30. The minimum Gasteiger partial charge on any atom is -0.395 e. The Bertz CT molecular complexity index is 513. The fraction of sp³-hybridized carbons (Fsp3) is 0.429. The molecule has 0 aliphatic carbocycles. The van der Waals surface area contributed by atoms with Crippen molar-refractivity contribution in [3.63, 3.8) is 0 Å². The Morgan fingerprint density at radius 3 is 2.95 bits per heavy atom. The number of thioether (sulfide) groups is 1. The van der Waals surface area contributed by atoms with Crippen LogP contribution in [0.2, 0.25) is 0 Å². The molecule has 108 valence electrons. The van der Waals surface area contributed by atoms with E-state index in [0.717, 1.165) is 16.8 Å². The molecule has 0 bridgehead atoms. The summed E-state index contributed by atoms with van der Waals surface area (Å²) in [6, 6.07) is 4.14. The first kappa shape index (κ1) is 15.0. The number of nitrogens with one attached hydrogen (secondary N) is 2. The quantitative estimate of drug-likeness (QED) is 0.724. The molecule has 0 aliphatic rings. The zero-order valence-electron chi connectivity index (χ0n) is 11.7. The van der Waals surface area contributed by atoms with Crippen LogP contribution in [0.1, 0.15) is 12.5 Å². The Hall–Kier alpha value is -1.37. The van der Waals surface area contributed by atoms with E-state index in [9.17, 15) is 5.11 Å². The number of aromatic amines is 1. The molecule has 0 spiro atoms. The van der Waals surface area contributed by atoms with Gasteiger partial charge in [0.2, 0.25) is 0 Å². The molecule has 2 rings (SSSR count). The van der Waals surface area contributed by atoms with Gasteiger partial charge >= 0.3 is 0 Å². The molecule has 2 aromatic heterocycles. The lowest BCUT2D eigenvalue weighted by molar-refractivity contribution is 0.276. The summed E-state index contributed by atoms with van der Waals surface area (Å²) < 4.78 is 0. The maximum Gasteiger partial charge on any atom is 0.0710 e. The van der Waals surface area contributed by atoms with E-state index in [2.05, 4.69) is 27.4 Å². The SMILES string of the molecule is CSC(CO)C(C)NCc1cn[nH]c1-c1cccnc1. The number of aliphatic hydroxyl groups is 1. The second kappa shape index (κ2) is 7.42. The van der Waals surface area contributed by atoms with E-state index in [1.165, 1.54) is 0 Å². The number of pyridine rings is 1. The van der Waals surface area contributed by atoms with Gasteiger partial charge in [-0.2, -0.15) is 16.9 Å². The zero-order valence-corrected chi connectivity index (χ0v) is 12.5. The van der Waals surface area contributed by atoms with Gasteiger partial charge in [-0.25, -0.2) is 0 Å². The van der Waals surface area contributed by atoms with E-state index < -0.39 is 0 Å². The van der Waals surface area contributed by atoms with Crippen LogP contribution in [0.25, 0.3) is 11.3 Å². The van der Waals surface area contributed by atoms with Crippen LogP contribution in [0.3, 0.4) is 0 Å². The molecule has 0 aliphatic heterocycles. The van der Waals surface area contributed by atoms with Crippen LogP contribution in [-0.2, 0) is 6.54 Å². The molecule has 2 unspecified atom stereocenters. The highest BCUT2D eigenvalue weighted by Gasteiger charge is 2.15. The Morgan fingerprint density at radius 2 is 2.30 bits per heavy atom. The average Bonchev–Trinajstić information content (AvgIpc) is 2.95. The molecule has 3 N–H and O–H groups in total. The van der Waals surface area contributed by atoms with Gasteiger partial charge in [-0.1, -0.05) is 0 Å². The molecule has 2 aromatic rings. The van der Waals surface area contributed by atoms with Gasteiger partial charge in [-0.05, 0) is 25.3 Å². The van der Waals surface area contributed by atoms with E-state index in [-0.39, 0.29) is 17.9 Å². The van der Waals surface area contributed by atoms with Gasteiger partial charge < -0.3 is 10.4 Å². The lowest BCUT2D eigenvalue weighted by atomic mass is 10.1. The third-order valence-electron chi connectivity index (χ3n) is 3.32. The third-order valence-corrected chi connectivity index (χ3v) is 4.49. The van der Waals surface area contributed by atoms with Crippen LogP contribution >= 0.6 is 11.8 Å². The first-order valence-electron chi connectivity index (χ1n) is 6.56. The Morgan fingerprint density at radius 1 is 1.45 bits per heavy atom. The summed E-state index contributed by atoms with van der Waals surface area (Å²) >= 11 is 1.67. The van der Waals surface area contributed by atoms with Crippen molar-refractivity contribution in [2.75, 3.05) is 12.9 Å². The van der Waals surface area contributed by atoms with Gasteiger partial charge in [-0.15, -0.1) is 0 Å². The van der Waals surface area contributed by atoms with Crippen LogP contribution < -0.4 is 5.32 Å². The summed E-state index contributed by atoms with van der Waals surface area (Å²) in [7, 11) is 0. The lowest BCUT2D eigenvalue weighted by Crippen LogP contribution is -2.37. The molecule has 0 fully saturated rings. The van der Waals surface area contributed by atoms with Crippen LogP contribution in [0.15, 0.2) is 30.7 Å². The van der Waals surface area contributed by atoms with Crippen molar-refractivity contribution in [2.24, 2.45) is 0 Å². The van der Waals surface area contributed by atoms with E-state index >= 15 is 0 Å². The predicted octanol–water partition coefficient (Wildman–Crippen LogP) is 1.67. The van der Waals surface area contributed by atoms with Crippen LogP contribution in [0.5, 0.6) is 0 Å². The molecule has 0 radical (unpaired) electrons. The summed E-state index contributed by atoms with van der Waals surface area (Å²) in [6.07, 6.45) is 7.41. The number of aromatic nitrogens is 3. The average molecular weight is 292 g/mol. The van der Waals surface area contributed by atoms with E-state index in [0.29, 0.717) is 6.54 Å². The minimum absolute atomic E-state index is 0.177. The molecular weight excluding hydrogens is 272 g/mol. The number of nitrogens with zero attached hydrogens (tertiary/aromatic N) is 2. The molecule has 5 nitrogen and oxygen atoms in total. The Balaban J connectivity index is 2.03. The summed E-state index contributed by atoms with van der Waals surface area (Å²) in [5.74, 6) is 0. The molecule has 0 amide bonds. The lowest BCUT2D eigenvalue weighted by Gasteiger charge is -2.21. The number of hydrogen-bond acceptors (Lipinski definition) is 5. The van der Waals surface area contributed by atoms with Crippen molar-refractivity contribution in [2.45, 2.75) is 24.8 Å². The van der Waals surface area contributed by atoms with Crippen molar-refractivity contribution in [3.8, 4) is 11.3 Å². The fourth-order valence-electron chi connectivity index (χ4n) is 2.04. The molecule has 6 heteroatoms. The van der Waals surface area contributed by atoms with E-state index in [4.69, 9.17) is 0 Å². The zero-order chi connectivity index (χ0) is 14.4. The second-order valence-corrected chi connectivity index (χ2v) is 5.72. The van der Waals surface area contributed by atoms with Gasteiger partial charge in [0, 0.05) is 41.4 Å². The number of rotatable bonds is 7. The topological polar surface area (TPSA) is 73.8 Å². The minimum atomic E-state index is 0.177. The van der Waals surface area contributed by atoms with Crippen molar-refractivity contribution in [1.29, 1.82) is 0 Å². The van der Waals surface area contributed by atoms with E-state index in [1.54, 1.807) is 18.0 Å². The van der Waals surface area contributed by atoms with Crippen molar-refractivity contribution in [3.05, 3.63) is 36.3 Å². The first-order chi connectivity index (χ1) is 9.76. The van der Waals surface area contributed by atoms with Crippen molar-refractivity contribution >= 4 is 11.8 Å². The summed E-state index contributed by atoms with van der Waals surface area (Å²) in [6.45, 7) is 2.97. The standard InChI is InChI=1S/C14H20N4OS/c1-10(13(9-19)20-2)16-7-12-8-17-18-14(12)11-4-3-5-15-6-11/h3-6,8,10,13,16,19H,7,9H2,1-2H3,(H,17,18). The number of hydrogen-bond donors (Lipinski definition) is 3. The maximum absolute atomic E-state index is 9.30. The monoisotopic (exact) mass is 292 g/mol. The highest BCUT2D eigenvalue weighted by molar-refractivity contribution is 7.99. The molecular formula is C14H20N4OS. The van der Waals surface area contributed by atoms with Crippen molar-refractivity contribution < 1.29 is 5.11 Å². The molecule has 2 heterocycles. The third kappa shape index (κ3) is 3.59. The molecule has 0 aromatic carbocycles. The van der Waals surface area contributed by atoms with Crippen molar-refractivity contribution in [1.82, 2.24) is 20.5 Å². The summed E-state index contributed by atoms with van der Waals surface area (Å²) in [5, 5.41) is 20.1. The molecule has 0 saturated heterocycles. The van der Waals surface area contributed by atoms with Gasteiger partial charge in [0.25, 0.3) is 0 Å². The van der Waals surface area contributed by atoms with Gasteiger partial charge in [0.15, 0.2) is 0 Å². The molecule has 2 atom stereocenters. The molecule has 20 heavy (non-hydrogen) atoms. The van der Waals surface area contributed by atoms with Gasteiger partial charge in [-0.3, -0.25) is 10.1 Å². The van der Waals surface area contributed by atoms with Crippen LogP contribution in [0.4, 0.5) is 0 Å². The summed E-state index contributed by atoms with van der Waals surface area (Å²) in [4.78, 5) is 4.13. The van der Waals surface area contributed by atoms with Gasteiger partial charge in [0.1, 0.15) is 0 Å². The fourth-order valence-corrected chi connectivity index (χ4v) is 2.70. The van der Waals surface area contributed by atoms with E-state index in [1.807, 2.05) is 30.8 Å². The summed E-state index contributed by atoms with van der Waals surface area (Å²) in [5.41, 5.74) is 3.11. The highest BCUT2D eigenvalue weighted by atomic mass is 32.2. The predicted molar refractivity (Wildman–Crippen MR) is 82.5 cm³/mol. The van der Waals surface area contributed by atoms with Crippen LogP contribution in [0, 0.1) is 0 Å². The van der Waals surface area contributed by atoms with Gasteiger partial charge in [0.05, 0.1) is 18.5 Å². The molecule has 0 saturated carbocycles. The number of aliphatic hydroxyl groups excluding tert-OH is 1. The largest absolute Gasteiger partial charge is 0.395 e. The van der Waals surface area contributed by atoms with Crippen LogP contribution in [-0.4, -0.2) is 44.4 Å². The number of H-pyrrole nitrogens is 1. The second-order valence-electron chi connectivity index (χ2n) is 4.64.